The van der Waals surface area contributed by atoms with Gasteiger partial charge in [-0.25, -0.2) is 0 Å². The molecule has 0 aliphatic heterocycles. The van der Waals surface area contributed by atoms with Crippen molar-refractivity contribution in [3.05, 3.63) is 34.9 Å². The van der Waals surface area contributed by atoms with Crippen molar-refractivity contribution in [1.82, 2.24) is 0 Å². The van der Waals surface area contributed by atoms with Crippen LogP contribution in [0.4, 0.5) is 0 Å². The van der Waals surface area contributed by atoms with Gasteiger partial charge in [0.1, 0.15) is 0 Å². The minimum absolute atomic E-state index is 0.217. The summed E-state index contributed by atoms with van der Waals surface area (Å²) in [5.74, 6) is 0.488. The van der Waals surface area contributed by atoms with Gasteiger partial charge >= 0.3 is 0 Å². The van der Waals surface area contributed by atoms with Crippen LogP contribution in [0.15, 0.2) is 24.3 Å². The van der Waals surface area contributed by atoms with Gasteiger partial charge in [0.05, 0.1) is 6.10 Å². The van der Waals surface area contributed by atoms with Gasteiger partial charge in [-0.3, -0.25) is 0 Å². The smallest absolute Gasteiger partial charge is 0.0940 e. The molecule has 84 valence electrons. The molecule has 0 spiro atoms. The van der Waals surface area contributed by atoms with Gasteiger partial charge in [-0.05, 0) is 30.0 Å². The number of halogens is 1. The molecular weight excluding hydrogens is 210 g/mol. The highest BCUT2D eigenvalue weighted by atomic mass is 35.5. The maximum atomic E-state index is 9.96. The van der Waals surface area contributed by atoms with E-state index in [1.807, 2.05) is 12.1 Å². The van der Waals surface area contributed by atoms with Crippen molar-refractivity contribution in [2.24, 2.45) is 11.7 Å². The monoisotopic (exact) mass is 227 g/mol. The topological polar surface area (TPSA) is 46.2 Å². The van der Waals surface area contributed by atoms with E-state index in [-0.39, 0.29) is 6.04 Å². The van der Waals surface area contributed by atoms with E-state index < -0.39 is 6.10 Å². The lowest BCUT2D eigenvalue weighted by molar-refractivity contribution is 0.136. The summed E-state index contributed by atoms with van der Waals surface area (Å²) in [6.07, 6.45) is 0.203. The standard InChI is InChI=1S/C12H18ClNO/c1-8(2)7-11(14)12(15)9-3-5-10(13)6-4-9/h3-6,8,11-12,15H,7,14H2,1-2H3. The van der Waals surface area contributed by atoms with Crippen LogP contribution in [0.5, 0.6) is 0 Å². The lowest BCUT2D eigenvalue weighted by Gasteiger charge is -2.20. The highest BCUT2D eigenvalue weighted by molar-refractivity contribution is 6.30. The van der Waals surface area contributed by atoms with Crippen LogP contribution in [0.1, 0.15) is 31.9 Å². The Labute approximate surface area is 96.1 Å². The number of hydrogen-bond donors (Lipinski definition) is 2. The minimum atomic E-state index is -0.607. The summed E-state index contributed by atoms with van der Waals surface area (Å²) in [5, 5.41) is 10.6. The van der Waals surface area contributed by atoms with Crippen molar-refractivity contribution in [3.8, 4) is 0 Å². The van der Waals surface area contributed by atoms with Crippen LogP contribution in [-0.4, -0.2) is 11.1 Å². The summed E-state index contributed by atoms with van der Waals surface area (Å²) in [4.78, 5) is 0. The van der Waals surface area contributed by atoms with Gasteiger partial charge < -0.3 is 10.8 Å². The summed E-state index contributed by atoms with van der Waals surface area (Å²) < 4.78 is 0. The molecule has 1 aromatic rings. The first kappa shape index (κ1) is 12.5. The Kier molecular flexibility index (Phi) is 4.58. The Morgan fingerprint density at radius 2 is 1.80 bits per heavy atom. The molecule has 0 aliphatic carbocycles. The minimum Gasteiger partial charge on any atom is -0.387 e. The van der Waals surface area contributed by atoms with Gasteiger partial charge in [-0.1, -0.05) is 37.6 Å². The van der Waals surface area contributed by atoms with Gasteiger partial charge in [0.25, 0.3) is 0 Å². The molecule has 0 aliphatic rings. The van der Waals surface area contributed by atoms with Crippen molar-refractivity contribution >= 4 is 11.6 Å². The van der Waals surface area contributed by atoms with Gasteiger partial charge in [0.15, 0.2) is 0 Å². The Balaban J connectivity index is 2.67. The molecule has 3 heteroatoms. The summed E-state index contributed by atoms with van der Waals surface area (Å²) >= 11 is 5.77. The van der Waals surface area contributed by atoms with E-state index in [9.17, 15) is 5.11 Å². The summed E-state index contributed by atoms with van der Waals surface area (Å²) in [6.45, 7) is 4.18. The van der Waals surface area contributed by atoms with E-state index in [4.69, 9.17) is 17.3 Å². The fraction of sp³-hybridized carbons (Fsp3) is 0.500. The molecule has 0 heterocycles. The lowest BCUT2D eigenvalue weighted by atomic mass is 9.95. The molecule has 1 rings (SSSR count). The molecule has 1 aromatic carbocycles. The molecule has 2 nitrogen and oxygen atoms in total. The number of rotatable bonds is 4. The largest absolute Gasteiger partial charge is 0.387 e. The predicted molar refractivity (Wildman–Crippen MR) is 63.8 cm³/mol. The van der Waals surface area contributed by atoms with E-state index in [1.165, 1.54) is 0 Å². The zero-order chi connectivity index (χ0) is 11.4. The molecule has 2 atom stereocenters. The van der Waals surface area contributed by atoms with Crippen molar-refractivity contribution in [2.75, 3.05) is 0 Å². The molecule has 0 bridgehead atoms. The predicted octanol–water partition coefficient (Wildman–Crippen LogP) is 2.75. The third-order valence-corrected chi connectivity index (χ3v) is 2.61. The molecule has 0 aromatic heterocycles. The zero-order valence-electron chi connectivity index (χ0n) is 9.15. The van der Waals surface area contributed by atoms with Crippen LogP contribution in [0, 0.1) is 5.92 Å². The second-order valence-corrected chi connectivity index (χ2v) is 4.73. The third-order valence-electron chi connectivity index (χ3n) is 2.36. The van der Waals surface area contributed by atoms with E-state index in [0.29, 0.717) is 10.9 Å². The number of hydrogen-bond acceptors (Lipinski definition) is 2. The first-order valence-electron chi connectivity index (χ1n) is 5.20. The summed E-state index contributed by atoms with van der Waals surface area (Å²) in [7, 11) is 0. The van der Waals surface area contributed by atoms with Crippen LogP contribution in [0.25, 0.3) is 0 Å². The lowest BCUT2D eigenvalue weighted by Crippen LogP contribution is -2.29. The second-order valence-electron chi connectivity index (χ2n) is 4.29. The average molecular weight is 228 g/mol. The molecule has 3 N–H and O–H groups in total. The molecule has 0 radical (unpaired) electrons. The number of nitrogens with two attached hydrogens (primary N) is 1. The van der Waals surface area contributed by atoms with Crippen LogP contribution < -0.4 is 5.73 Å². The molecule has 2 unspecified atom stereocenters. The zero-order valence-corrected chi connectivity index (χ0v) is 9.91. The molecule has 0 fully saturated rings. The average Bonchev–Trinajstić information content (AvgIpc) is 2.17. The van der Waals surface area contributed by atoms with Crippen molar-refractivity contribution < 1.29 is 5.11 Å². The van der Waals surface area contributed by atoms with Crippen LogP contribution >= 0.6 is 11.6 Å². The highest BCUT2D eigenvalue weighted by Gasteiger charge is 2.17. The molecular formula is C12H18ClNO. The van der Waals surface area contributed by atoms with Crippen LogP contribution in [0.2, 0.25) is 5.02 Å². The Hall–Kier alpha value is -0.570. The summed E-state index contributed by atoms with van der Waals surface area (Å²) in [5.41, 5.74) is 6.73. The molecule has 0 amide bonds. The van der Waals surface area contributed by atoms with Gasteiger partial charge in [-0.2, -0.15) is 0 Å². The SMILES string of the molecule is CC(C)CC(N)C(O)c1ccc(Cl)cc1. The Bertz CT molecular complexity index is 297. The van der Waals surface area contributed by atoms with Crippen molar-refractivity contribution in [2.45, 2.75) is 32.4 Å². The normalized spacial score (nSPS) is 15.3. The fourth-order valence-electron chi connectivity index (χ4n) is 1.58. The maximum Gasteiger partial charge on any atom is 0.0940 e. The fourth-order valence-corrected chi connectivity index (χ4v) is 1.71. The Morgan fingerprint density at radius 1 is 1.27 bits per heavy atom. The molecule has 0 saturated carbocycles. The van der Waals surface area contributed by atoms with E-state index >= 15 is 0 Å². The van der Waals surface area contributed by atoms with Crippen LogP contribution in [0.3, 0.4) is 0 Å². The third kappa shape index (κ3) is 3.82. The maximum absolute atomic E-state index is 9.96. The number of aliphatic hydroxyl groups is 1. The van der Waals surface area contributed by atoms with Gasteiger partial charge in [0.2, 0.25) is 0 Å². The first-order chi connectivity index (χ1) is 7.00. The van der Waals surface area contributed by atoms with E-state index in [0.717, 1.165) is 12.0 Å². The first-order valence-corrected chi connectivity index (χ1v) is 5.57. The summed E-state index contributed by atoms with van der Waals surface area (Å²) in [6, 6.07) is 6.94. The van der Waals surface area contributed by atoms with E-state index in [2.05, 4.69) is 13.8 Å². The Morgan fingerprint density at radius 3 is 2.27 bits per heavy atom. The number of benzene rings is 1. The van der Waals surface area contributed by atoms with Gasteiger partial charge in [-0.15, -0.1) is 0 Å². The van der Waals surface area contributed by atoms with E-state index in [1.54, 1.807) is 12.1 Å². The molecule has 15 heavy (non-hydrogen) atoms. The quantitative estimate of drug-likeness (QED) is 0.831. The van der Waals surface area contributed by atoms with Crippen LogP contribution in [-0.2, 0) is 0 Å². The van der Waals surface area contributed by atoms with Crippen molar-refractivity contribution in [3.63, 3.8) is 0 Å². The second kappa shape index (κ2) is 5.50. The highest BCUT2D eigenvalue weighted by Crippen LogP contribution is 2.21. The van der Waals surface area contributed by atoms with Gasteiger partial charge in [0, 0.05) is 11.1 Å². The molecule has 0 saturated heterocycles. The number of aliphatic hydroxyl groups excluding tert-OH is 1. The van der Waals surface area contributed by atoms with Crippen molar-refractivity contribution in [1.29, 1.82) is 0 Å².